The first kappa shape index (κ1) is 10.5. The number of amides is 2. The molecule has 0 bridgehead atoms. The highest BCUT2D eigenvalue weighted by atomic mass is 32.1. The van der Waals surface area contributed by atoms with Gasteiger partial charge in [0, 0.05) is 12.1 Å². The van der Waals surface area contributed by atoms with Crippen LogP contribution in [0.4, 0.5) is 4.79 Å². The van der Waals surface area contributed by atoms with Gasteiger partial charge < -0.3 is 10.6 Å². The lowest BCUT2D eigenvalue weighted by Crippen LogP contribution is -2.42. The zero-order chi connectivity index (χ0) is 10.7. The van der Waals surface area contributed by atoms with Crippen LogP contribution in [0, 0.1) is 0 Å². The van der Waals surface area contributed by atoms with Crippen molar-refractivity contribution in [3.05, 3.63) is 22.4 Å². The van der Waals surface area contributed by atoms with Gasteiger partial charge in [-0.25, -0.2) is 4.79 Å². The number of rotatable bonds is 4. The molecule has 1 saturated carbocycles. The summed E-state index contributed by atoms with van der Waals surface area (Å²) in [5.74, 6) is 0. The maximum absolute atomic E-state index is 11.4. The van der Waals surface area contributed by atoms with Gasteiger partial charge in [0.2, 0.25) is 0 Å². The van der Waals surface area contributed by atoms with E-state index in [0.29, 0.717) is 6.04 Å². The summed E-state index contributed by atoms with van der Waals surface area (Å²) in [6.07, 6.45) is 3.17. The van der Waals surface area contributed by atoms with Crippen LogP contribution in [0.2, 0.25) is 0 Å². The summed E-state index contributed by atoms with van der Waals surface area (Å²) < 4.78 is 0. The molecular weight excluding hydrogens is 208 g/mol. The van der Waals surface area contributed by atoms with E-state index in [1.807, 2.05) is 6.92 Å². The molecule has 15 heavy (non-hydrogen) atoms. The normalized spacial score (nSPS) is 17.1. The van der Waals surface area contributed by atoms with Gasteiger partial charge in [-0.3, -0.25) is 0 Å². The van der Waals surface area contributed by atoms with Gasteiger partial charge in [0.25, 0.3) is 0 Å². The predicted octanol–water partition coefficient (Wildman–Crippen LogP) is 2.14. The van der Waals surface area contributed by atoms with Crippen molar-refractivity contribution in [2.75, 3.05) is 0 Å². The molecule has 1 atom stereocenters. The Bertz CT molecular complexity index is 319. The molecule has 4 heteroatoms. The summed E-state index contributed by atoms with van der Waals surface area (Å²) in [7, 11) is 0. The minimum Gasteiger partial charge on any atom is -0.335 e. The lowest BCUT2D eigenvalue weighted by atomic mass is 10.1. The Balaban J connectivity index is 1.71. The van der Waals surface area contributed by atoms with Gasteiger partial charge in [-0.05, 0) is 48.6 Å². The third-order valence-electron chi connectivity index (χ3n) is 2.41. The number of carbonyl (C=O) groups excluding carboxylic acids is 1. The minimum atomic E-state index is -0.0276. The molecule has 1 aromatic heterocycles. The van der Waals surface area contributed by atoms with Crippen molar-refractivity contribution in [2.24, 2.45) is 0 Å². The van der Waals surface area contributed by atoms with Gasteiger partial charge >= 0.3 is 6.03 Å². The molecule has 0 aromatic carbocycles. The van der Waals surface area contributed by atoms with Crippen molar-refractivity contribution in [2.45, 2.75) is 38.3 Å². The third kappa shape index (κ3) is 3.55. The molecule has 82 valence electrons. The second-order valence-electron chi connectivity index (χ2n) is 4.13. The van der Waals surface area contributed by atoms with Crippen LogP contribution in [-0.4, -0.2) is 18.1 Å². The maximum atomic E-state index is 11.4. The van der Waals surface area contributed by atoms with E-state index in [0.717, 1.165) is 19.3 Å². The number of urea groups is 1. The molecule has 2 N–H and O–H groups in total. The van der Waals surface area contributed by atoms with E-state index < -0.39 is 0 Å². The van der Waals surface area contributed by atoms with E-state index in [1.54, 1.807) is 11.3 Å². The van der Waals surface area contributed by atoms with Crippen LogP contribution < -0.4 is 10.6 Å². The van der Waals surface area contributed by atoms with Crippen LogP contribution in [0.1, 0.15) is 25.3 Å². The van der Waals surface area contributed by atoms with Crippen molar-refractivity contribution >= 4 is 17.4 Å². The Morgan fingerprint density at radius 2 is 2.47 bits per heavy atom. The van der Waals surface area contributed by atoms with Gasteiger partial charge in [-0.2, -0.15) is 11.3 Å². The first-order valence-electron chi connectivity index (χ1n) is 5.32. The Kier molecular flexibility index (Phi) is 3.26. The summed E-state index contributed by atoms with van der Waals surface area (Å²) >= 11 is 1.69. The largest absolute Gasteiger partial charge is 0.335 e. The van der Waals surface area contributed by atoms with E-state index in [-0.39, 0.29) is 12.1 Å². The van der Waals surface area contributed by atoms with Crippen molar-refractivity contribution in [3.8, 4) is 0 Å². The average molecular weight is 224 g/mol. The molecule has 2 rings (SSSR count). The lowest BCUT2D eigenvalue weighted by Gasteiger charge is -2.13. The minimum absolute atomic E-state index is 0.0276. The highest BCUT2D eigenvalue weighted by Crippen LogP contribution is 2.18. The van der Waals surface area contributed by atoms with Gasteiger partial charge in [-0.1, -0.05) is 0 Å². The molecular formula is C11H16N2OS. The zero-order valence-electron chi connectivity index (χ0n) is 8.82. The van der Waals surface area contributed by atoms with Crippen molar-refractivity contribution in [1.82, 2.24) is 10.6 Å². The SMILES string of the molecule is CC(Cc1ccsc1)NC(=O)NC1CC1. The van der Waals surface area contributed by atoms with Crippen LogP contribution in [0.15, 0.2) is 16.8 Å². The van der Waals surface area contributed by atoms with E-state index in [4.69, 9.17) is 0 Å². The van der Waals surface area contributed by atoms with Crippen molar-refractivity contribution < 1.29 is 4.79 Å². The molecule has 1 fully saturated rings. The molecule has 0 saturated heterocycles. The third-order valence-corrected chi connectivity index (χ3v) is 3.14. The van der Waals surface area contributed by atoms with Gasteiger partial charge in [-0.15, -0.1) is 0 Å². The number of hydrogen-bond donors (Lipinski definition) is 2. The Hall–Kier alpha value is -1.03. The maximum Gasteiger partial charge on any atom is 0.315 e. The zero-order valence-corrected chi connectivity index (χ0v) is 9.64. The van der Waals surface area contributed by atoms with Crippen molar-refractivity contribution in [1.29, 1.82) is 0 Å². The molecule has 1 heterocycles. The Morgan fingerprint density at radius 1 is 1.67 bits per heavy atom. The highest BCUT2D eigenvalue weighted by molar-refractivity contribution is 7.07. The second kappa shape index (κ2) is 4.66. The van der Waals surface area contributed by atoms with Gasteiger partial charge in [0.1, 0.15) is 0 Å². The van der Waals surface area contributed by atoms with E-state index in [1.165, 1.54) is 5.56 Å². The standard InChI is InChI=1S/C11H16N2OS/c1-8(6-9-4-5-15-7-9)12-11(14)13-10-2-3-10/h4-5,7-8,10H,2-3,6H2,1H3,(H2,12,13,14). The molecule has 3 nitrogen and oxygen atoms in total. The summed E-state index contributed by atoms with van der Waals surface area (Å²) in [6, 6.07) is 2.69. The van der Waals surface area contributed by atoms with Crippen LogP contribution in [0.3, 0.4) is 0 Å². The van der Waals surface area contributed by atoms with E-state index >= 15 is 0 Å². The smallest absolute Gasteiger partial charge is 0.315 e. The predicted molar refractivity (Wildman–Crippen MR) is 62.2 cm³/mol. The molecule has 1 aliphatic rings. The Morgan fingerprint density at radius 3 is 3.07 bits per heavy atom. The first-order valence-corrected chi connectivity index (χ1v) is 6.26. The van der Waals surface area contributed by atoms with Crippen molar-refractivity contribution in [3.63, 3.8) is 0 Å². The molecule has 0 spiro atoms. The van der Waals surface area contributed by atoms with Crippen LogP contribution in [0.25, 0.3) is 0 Å². The topological polar surface area (TPSA) is 41.1 Å². The Labute approximate surface area is 93.9 Å². The summed E-state index contributed by atoms with van der Waals surface area (Å²) in [6.45, 7) is 2.03. The van der Waals surface area contributed by atoms with E-state index in [9.17, 15) is 4.79 Å². The molecule has 0 aliphatic heterocycles. The fourth-order valence-corrected chi connectivity index (χ4v) is 2.17. The first-order chi connectivity index (χ1) is 7.24. The monoisotopic (exact) mass is 224 g/mol. The van der Waals surface area contributed by atoms with E-state index in [2.05, 4.69) is 27.5 Å². The second-order valence-corrected chi connectivity index (χ2v) is 4.91. The average Bonchev–Trinajstić information content (AvgIpc) is 2.80. The quantitative estimate of drug-likeness (QED) is 0.808. The fourth-order valence-electron chi connectivity index (χ4n) is 1.49. The molecule has 1 unspecified atom stereocenters. The van der Waals surface area contributed by atoms with Crippen LogP contribution in [-0.2, 0) is 6.42 Å². The highest BCUT2D eigenvalue weighted by Gasteiger charge is 2.23. The fraction of sp³-hybridized carbons (Fsp3) is 0.545. The summed E-state index contributed by atoms with van der Waals surface area (Å²) in [4.78, 5) is 11.4. The van der Waals surface area contributed by atoms with Gasteiger partial charge in [0.15, 0.2) is 0 Å². The summed E-state index contributed by atoms with van der Waals surface area (Å²) in [5.41, 5.74) is 1.29. The molecule has 0 radical (unpaired) electrons. The number of thiophene rings is 1. The summed E-state index contributed by atoms with van der Waals surface area (Å²) in [5, 5.41) is 10.0. The molecule has 1 aromatic rings. The lowest BCUT2D eigenvalue weighted by molar-refractivity contribution is 0.237. The van der Waals surface area contributed by atoms with Gasteiger partial charge in [0.05, 0.1) is 0 Å². The van der Waals surface area contributed by atoms with Crippen LogP contribution >= 0.6 is 11.3 Å². The molecule has 2 amide bonds. The number of nitrogens with one attached hydrogen (secondary N) is 2. The number of hydrogen-bond acceptors (Lipinski definition) is 2. The molecule has 1 aliphatic carbocycles. The number of carbonyl (C=O) groups is 1. The van der Waals surface area contributed by atoms with Crippen LogP contribution in [0.5, 0.6) is 0 Å².